The zero-order chi connectivity index (χ0) is 32.2. The number of aromatic nitrogens is 7. The maximum absolute atomic E-state index is 10.9. The number of halogens is 1. The van der Waals surface area contributed by atoms with E-state index in [-0.39, 0.29) is 17.6 Å². The lowest BCUT2D eigenvalue weighted by atomic mass is 10.0. The zero-order valence-electron chi connectivity index (χ0n) is 24.4. The molecular formula is C34H21ClN8O2S2. The second-order valence-electron chi connectivity index (χ2n) is 10.6. The third-order valence-electron chi connectivity index (χ3n) is 7.57. The van der Waals surface area contributed by atoms with E-state index < -0.39 is 0 Å². The number of rotatable bonds is 5. The molecule has 0 spiro atoms. The number of aryl methyl sites for hydroxylation is 1. The molecule has 7 heterocycles. The third-order valence-corrected chi connectivity index (χ3v) is 9.96. The van der Waals surface area contributed by atoms with Crippen LogP contribution in [0.2, 0.25) is 5.02 Å². The minimum atomic E-state index is -0.126. The van der Waals surface area contributed by atoms with E-state index in [0.29, 0.717) is 59.7 Å². The molecular weight excluding hydrogens is 652 g/mol. The summed E-state index contributed by atoms with van der Waals surface area (Å²) in [6.45, 7) is 1.97. The molecule has 0 saturated heterocycles. The summed E-state index contributed by atoms with van der Waals surface area (Å²) in [5.41, 5.74) is 13.0. The Bertz CT molecular complexity index is 2480. The number of nitrogen functional groups attached to an aromatic ring is 1. The normalized spacial score (nSPS) is 11.4. The first-order chi connectivity index (χ1) is 22.8. The molecule has 47 heavy (non-hydrogen) atoms. The van der Waals surface area contributed by atoms with Crippen molar-refractivity contribution < 1.29 is 10.2 Å². The molecule has 13 heteroatoms. The summed E-state index contributed by atoms with van der Waals surface area (Å²) >= 11 is 9.28. The second-order valence-corrected chi connectivity index (χ2v) is 13.1. The van der Waals surface area contributed by atoms with Gasteiger partial charge in [-0.15, -0.1) is 22.7 Å². The molecule has 7 aromatic heterocycles. The molecule has 0 radical (unpaired) electrons. The van der Waals surface area contributed by atoms with E-state index in [0.717, 1.165) is 27.1 Å². The fourth-order valence-corrected chi connectivity index (χ4v) is 7.53. The standard InChI is InChI=1S/C34H21ClN8O2S2/c1-16-26(19-6-2-3-7-21(19)35)28-30(47-16)34(45)43-32(41-28)23-10-9-17(14-38-23)18-12-24(39-25(36)13-18)20-15-46-29-27(20)40-31(42-33(29)44)22-8-4-5-11-37-22/h2-15H,1H3,(H2,36,39)(H,40,42,44)(H,41,43,45). The van der Waals surface area contributed by atoms with Gasteiger partial charge in [0.25, 0.3) is 0 Å². The fourth-order valence-electron chi connectivity index (χ4n) is 5.42. The summed E-state index contributed by atoms with van der Waals surface area (Å²) in [6.07, 6.45) is 3.35. The van der Waals surface area contributed by atoms with Gasteiger partial charge >= 0.3 is 0 Å². The van der Waals surface area contributed by atoms with Crippen LogP contribution in [0.25, 0.3) is 77.0 Å². The number of pyridine rings is 3. The molecule has 0 saturated carbocycles. The van der Waals surface area contributed by atoms with Crippen molar-refractivity contribution in [3.05, 3.63) is 94.4 Å². The minimum Gasteiger partial charge on any atom is -0.492 e. The lowest BCUT2D eigenvalue weighted by molar-refractivity contribution is 0.460. The first-order valence-corrected chi connectivity index (χ1v) is 16.3. The van der Waals surface area contributed by atoms with Crippen molar-refractivity contribution in [2.75, 3.05) is 5.73 Å². The molecule has 1 aromatic carbocycles. The Morgan fingerprint density at radius 1 is 0.702 bits per heavy atom. The highest BCUT2D eigenvalue weighted by atomic mass is 35.5. The molecule has 0 aliphatic rings. The molecule has 8 aromatic rings. The maximum Gasteiger partial charge on any atom is 0.233 e. The van der Waals surface area contributed by atoms with Crippen molar-refractivity contribution in [3.8, 4) is 68.3 Å². The van der Waals surface area contributed by atoms with E-state index in [9.17, 15) is 10.2 Å². The van der Waals surface area contributed by atoms with Crippen LogP contribution >= 0.6 is 34.3 Å². The Labute approximate surface area is 279 Å². The Hall–Kier alpha value is -5.56. The van der Waals surface area contributed by atoms with Crippen LogP contribution in [-0.4, -0.2) is 45.1 Å². The SMILES string of the molecule is Cc1sc2c(O)nc(-c3ccc(-c4cc(N)nc(-c5csc6c(O)nc(-c7ccccn7)nc56)c4)cn3)nc2c1-c1ccccc1Cl. The van der Waals surface area contributed by atoms with Crippen molar-refractivity contribution in [1.29, 1.82) is 0 Å². The third kappa shape index (κ3) is 5.08. The van der Waals surface area contributed by atoms with E-state index in [1.54, 1.807) is 36.7 Å². The van der Waals surface area contributed by atoms with Gasteiger partial charge in [0, 0.05) is 49.9 Å². The van der Waals surface area contributed by atoms with Gasteiger partial charge in [0.2, 0.25) is 11.8 Å². The van der Waals surface area contributed by atoms with Crippen LogP contribution in [0.5, 0.6) is 11.8 Å². The number of fused-ring (bicyclic) bond motifs is 2. The number of nitrogens with zero attached hydrogens (tertiary/aromatic N) is 7. The van der Waals surface area contributed by atoms with Crippen LogP contribution in [0.15, 0.2) is 84.5 Å². The number of nitrogens with two attached hydrogens (primary N) is 1. The molecule has 10 nitrogen and oxygen atoms in total. The molecule has 4 N–H and O–H groups in total. The predicted octanol–water partition coefficient (Wildman–Crippen LogP) is 8.17. The zero-order valence-corrected chi connectivity index (χ0v) is 26.8. The molecule has 0 bridgehead atoms. The average molecular weight is 673 g/mol. The Kier molecular flexibility index (Phi) is 6.98. The smallest absolute Gasteiger partial charge is 0.233 e. The van der Waals surface area contributed by atoms with Crippen LogP contribution in [0, 0.1) is 6.92 Å². The fraction of sp³-hybridized carbons (Fsp3) is 0.0294. The van der Waals surface area contributed by atoms with E-state index in [1.807, 2.05) is 54.8 Å². The molecule has 228 valence electrons. The second kappa shape index (κ2) is 11.4. The number of hydrogen-bond donors (Lipinski definition) is 3. The van der Waals surface area contributed by atoms with Gasteiger partial charge in [0.15, 0.2) is 11.6 Å². The van der Waals surface area contributed by atoms with Crippen LogP contribution in [0.3, 0.4) is 0 Å². The number of thiophene rings is 2. The average Bonchev–Trinajstić information content (AvgIpc) is 3.66. The quantitative estimate of drug-likeness (QED) is 0.163. The van der Waals surface area contributed by atoms with Crippen molar-refractivity contribution in [2.24, 2.45) is 0 Å². The molecule has 0 atom stereocenters. The van der Waals surface area contributed by atoms with Crippen molar-refractivity contribution >= 4 is 60.5 Å². The molecule has 0 aliphatic heterocycles. The number of aromatic hydroxyl groups is 2. The summed E-state index contributed by atoms with van der Waals surface area (Å²) in [6, 6.07) is 20.3. The number of benzene rings is 1. The Morgan fingerprint density at radius 3 is 2.19 bits per heavy atom. The van der Waals surface area contributed by atoms with E-state index in [1.165, 1.54) is 22.7 Å². The lowest BCUT2D eigenvalue weighted by Crippen LogP contribution is -1.96. The van der Waals surface area contributed by atoms with Crippen molar-refractivity contribution in [2.45, 2.75) is 6.92 Å². The van der Waals surface area contributed by atoms with E-state index in [4.69, 9.17) is 27.3 Å². The van der Waals surface area contributed by atoms with Gasteiger partial charge in [-0.3, -0.25) is 9.97 Å². The summed E-state index contributed by atoms with van der Waals surface area (Å²) in [7, 11) is 0. The van der Waals surface area contributed by atoms with Gasteiger partial charge in [0.05, 0.1) is 16.7 Å². The monoisotopic (exact) mass is 672 g/mol. The summed E-state index contributed by atoms with van der Waals surface area (Å²) < 4.78 is 1.12. The highest BCUT2D eigenvalue weighted by molar-refractivity contribution is 7.20. The summed E-state index contributed by atoms with van der Waals surface area (Å²) in [5, 5.41) is 24.0. The first-order valence-electron chi connectivity index (χ1n) is 14.2. The first kappa shape index (κ1) is 28.9. The summed E-state index contributed by atoms with van der Waals surface area (Å²) in [4.78, 5) is 32.7. The van der Waals surface area contributed by atoms with Gasteiger partial charge in [-0.25, -0.2) is 15.0 Å². The topological polar surface area (TPSA) is 157 Å². The van der Waals surface area contributed by atoms with Crippen LogP contribution in [0.4, 0.5) is 5.82 Å². The van der Waals surface area contributed by atoms with Crippen molar-refractivity contribution in [1.82, 2.24) is 34.9 Å². The van der Waals surface area contributed by atoms with E-state index in [2.05, 4.69) is 24.9 Å². The largest absolute Gasteiger partial charge is 0.492 e. The van der Waals surface area contributed by atoms with Gasteiger partial charge in [-0.05, 0) is 48.9 Å². The van der Waals surface area contributed by atoms with Crippen molar-refractivity contribution in [3.63, 3.8) is 0 Å². The molecule has 0 amide bonds. The predicted molar refractivity (Wildman–Crippen MR) is 186 cm³/mol. The minimum absolute atomic E-state index is 0.113. The van der Waals surface area contributed by atoms with Gasteiger partial charge in [0.1, 0.15) is 26.6 Å². The van der Waals surface area contributed by atoms with Gasteiger partial charge < -0.3 is 15.9 Å². The van der Waals surface area contributed by atoms with Crippen LogP contribution < -0.4 is 5.73 Å². The van der Waals surface area contributed by atoms with Gasteiger partial charge in [-0.2, -0.15) is 9.97 Å². The lowest BCUT2D eigenvalue weighted by Gasteiger charge is -2.08. The highest BCUT2D eigenvalue weighted by Gasteiger charge is 2.21. The Balaban J connectivity index is 1.17. The molecule has 0 unspecified atom stereocenters. The number of hydrogen-bond acceptors (Lipinski definition) is 12. The maximum atomic E-state index is 10.9. The molecule has 0 aliphatic carbocycles. The molecule has 8 rings (SSSR count). The highest BCUT2D eigenvalue weighted by Crippen LogP contribution is 2.43. The molecule has 0 fully saturated rings. The van der Waals surface area contributed by atoms with E-state index >= 15 is 0 Å². The number of anilines is 1. The van der Waals surface area contributed by atoms with Crippen LogP contribution in [0.1, 0.15) is 4.88 Å². The van der Waals surface area contributed by atoms with Gasteiger partial charge in [-0.1, -0.05) is 41.9 Å². The summed E-state index contributed by atoms with van der Waals surface area (Å²) in [5.74, 6) is 0.664. The Morgan fingerprint density at radius 2 is 1.45 bits per heavy atom. The van der Waals surface area contributed by atoms with Crippen LogP contribution in [-0.2, 0) is 0 Å².